The Hall–Kier alpha value is -1.56. The van der Waals surface area contributed by atoms with Gasteiger partial charge in [0, 0.05) is 0 Å². The first-order valence-corrected chi connectivity index (χ1v) is 6.42. The summed E-state index contributed by atoms with van der Waals surface area (Å²) in [5.74, 6) is 0.587. The van der Waals surface area contributed by atoms with Crippen LogP contribution < -0.4 is 0 Å². The van der Waals surface area contributed by atoms with E-state index >= 15 is 0 Å². The minimum atomic E-state index is 0.587. The molecular formula is C17H20. The first-order valence-electron chi connectivity index (χ1n) is 6.42. The molecule has 0 amide bonds. The number of benzene rings is 2. The molecule has 0 heterocycles. The molecule has 0 radical (unpaired) electrons. The lowest BCUT2D eigenvalue weighted by Gasteiger charge is -2.12. The molecule has 1 atom stereocenters. The summed E-state index contributed by atoms with van der Waals surface area (Å²) in [7, 11) is 0. The Morgan fingerprint density at radius 1 is 0.824 bits per heavy atom. The van der Waals surface area contributed by atoms with Gasteiger partial charge in [-0.05, 0) is 35.4 Å². The third-order valence-electron chi connectivity index (χ3n) is 3.34. The molecule has 0 spiro atoms. The zero-order chi connectivity index (χ0) is 12.1. The molecule has 2 aromatic carbocycles. The van der Waals surface area contributed by atoms with Crippen LogP contribution in [0.2, 0.25) is 0 Å². The average Bonchev–Trinajstić information content (AvgIpc) is 2.40. The summed E-state index contributed by atoms with van der Waals surface area (Å²) >= 11 is 0. The Morgan fingerprint density at radius 3 is 2.00 bits per heavy atom. The molecule has 17 heavy (non-hydrogen) atoms. The summed E-state index contributed by atoms with van der Waals surface area (Å²) in [4.78, 5) is 0. The molecule has 88 valence electrons. The first kappa shape index (κ1) is 11.9. The fourth-order valence-corrected chi connectivity index (χ4v) is 2.16. The van der Waals surface area contributed by atoms with Crippen LogP contribution in [0.3, 0.4) is 0 Å². The lowest BCUT2D eigenvalue weighted by Crippen LogP contribution is -1.98. The van der Waals surface area contributed by atoms with Gasteiger partial charge in [-0.2, -0.15) is 0 Å². The molecule has 1 unspecified atom stereocenters. The summed E-state index contributed by atoms with van der Waals surface area (Å²) in [6.45, 7) is 4.49. The molecule has 0 heteroatoms. The van der Waals surface area contributed by atoms with E-state index in [9.17, 15) is 0 Å². The summed E-state index contributed by atoms with van der Waals surface area (Å²) in [5.41, 5.74) is 4.27. The van der Waals surface area contributed by atoms with Crippen molar-refractivity contribution >= 4 is 0 Å². The lowest BCUT2D eigenvalue weighted by molar-refractivity contribution is 0.759. The van der Waals surface area contributed by atoms with Gasteiger partial charge in [-0.1, -0.05) is 68.4 Å². The van der Waals surface area contributed by atoms with E-state index in [4.69, 9.17) is 0 Å². The van der Waals surface area contributed by atoms with Crippen LogP contribution in [0.25, 0.3) is 0 Å². The highest BCUT2D eigenvalue weighted by Gasteiger charge is 2.05. The highest BCUT2D eigenvalue weighted by atomic mass is 14.1. The van der Waals surface area contributed by atoms with Crippen molar-refractivity contribution in [3.63, 3.8) is 0 Å². The molecule has 0 aliphatic heterocycles. The van der Waals surface area contributed by atoms with Crippen molar-refractivity contribution in [2.75, 3.05) is 0 Å². The van der Waals surface area contributed by atoms with Gasteiger partial charge in [0.15, 0.2) is 0 Å². The molecule has 0 aromatic heterocycles. The quantitative estimate of drug-likeness (QED) is 0.712. The Morgan fingerprint density at radius 2 is 1.41 bits per heavy atom. The minimum absolute atomic E-state index is 0.587. The fraction of sp³-hybridized carbons (Fsp3) is 0.294. The van der Waals surface area contributed by atoms with Crippen LogP contribution in [0.15, 0.2) is 54.6 Å². The molecule has 0 bridgehead atoms. The van der Waals surface area contributed by atoms with Crippen LogP contribution in [0, 0.1) is 0 Å². The van der Waals surface area contributed by atoms with E-state index in [1.807, 2.05) is 0 Å². The zero-order valence-electron chi connectivity index (χ0n) is 10.7. The SMILES string of the molecule is CCc1ccc(CC(C)c2ccccc2)cc1. The molecular weight excluding hydrogens is 204 g/mol. The van der Waals surface area contributed by atoms with Crippen LogP contribution >= 0.6 is 0 Å². The highest BCUT2D eigenvalue weighted by Crippen LogP contribution is 2.20. The third kappa shape index (κ3) is 3.20. The normalized spacial score (nSPS) is 12.4. The van der Waals surface area contributed by atoms with E-state index in [0.717, 1.165) is 12.8 Å². The monoisotopic (exact) mass is 224 g/mol. The molecule has 2 rings (SSSR count). The zero-order valence-corrected chi connectivity index (χ0v) is 10.7. The average molecular weight is 224 g/mol. The third-order valence-corrected chi connectivity index (χ3v) is 3.34. The van der Waals surface area contributed by atoms with Crippen molar-refractivity contribution in [2.24, 2.45) is 0 Å². The van der Waals surface area contributed by atoms with Gasteiger partial charge in [-0.3, -0.25) is 0 Å². The Labute approximate surface area is 104 Å². The van der Waals surface area contributed by atoms with E-state index < -0.39 is 0 Å². The smallest absolute Gasteiger partial charge is 0.0150 e. The topological polar surface area (TPSA) is 0 Å². The predicted molar refractivity (Wildman–Crippen MR) is 74.4 cm³/mol. The molecule has 0 saturated carbocycles. The Bertz CT molecular complexity index is 439. The second-order valence-electron chi connectivity index (χ2n) is 4.69. The second-order valence-corrected chi connectivity index (χ2v) is 4.69. The van der Waals surface area contributed by atoms with Gasteiger partial charge in [-0.15, -0.1) is 0 Å². The molecule has 0 nitrogen and oxygen atoms in total. The van der Waals surface area contributed by atoms with Crippen LogP contribution in [0.4, 0.5) is 0 Å². The van der Waals surface area contributed by atoms with E-state index in [-0.39, 0.29) is 0 Å². The maximum Gasteiger partial charge on any atom is -0.0150 e. The van der Waals surface area contributed by atoms with Gasteiger partial charge in [0.1, 0.15) is 0 Å². The van der Waals surface area contributed by atoms with Crippen LogP contribution in [-0.4, -0.2) is 0 Å². The van der Waals surface area contributed by atoms with Gasteiger partial charge >= 0.3 is 0 Å². The van der Waals surface area contributed by atoms with Crippen molar-refractivity contribution in [2.45, 2.75) is 32.6 Å². The second kappa shape index (κ2) is 5.67. The first-order chi connectivity index (χ1) is 8.29. The molecule has 0 aliphatic rings. The summed E-state index contributed by atoms with van der Waals surface area (Å²) in [5, 5.41) is 0. The summed E-state index contributed by atoms with van der Waals surface area (Å²) in [6.07, 6.45) is 2.24. The number of rotatable bonds is 4. The highest BCUT2D eigenvalue weighted by molar-refractivity contribution is 5.26. The van der Waals surface area contributed by atoms with Crippen molar-refractivity contribution in [1.82, 2.24) is 0 Å². The van der Waals surface area contributed by atoms with E-state index in [1.165, 1.54) is 16.7 Å². The number of hydrogen-bond acceptors (Lipinski definition) is 0. The van der Waals surface area contributed by atoms with E-state index in [1.54, 1.807) is 0 Å². The molecule has 0 saturated heterocycles. The van der Waals surface area contributed by atoms with Crippen molar-refractivity contribution in [3.8, 4) is 0 Å². The van der Waals surface area contributed by atoms with Crippen molar-refractivity contribution < 1.29 is 0 Å². The lowest BCUT2D eigenvalue weighted by atomic mass is 9.93. The molecule has 0 aliphatic carbocycles. The van der Waals surface area contributed by atoms with E-state index in [0.29, 0.717) is 5.92 Å². The predicted octanol–water partition coefficient (Wildman–Crippen LogP) is 4.60. The maximum atomic E-state index is 2.29. The van der Waals surface area contributed by atoms with Crippen LogP contribution in [0.5, 0.6) is 0 Å². The van der Waals surface area contributed by atoms with Gasteiger partial charge in [0.25, 0.3) is 0 Å². The minimum Gasteiger partial charge on any atom is -0.0622 e. The summed E-state index contributed by atoms with van der Waals surface area (Å²) in [6, 6.07) is 19.7. The van der Waals surface area contributed by atoms with Gasteiger partial charge in [-0.25, -0.2) is 0 Å². The van der Waals surface area contributed by atoms with Crippen LogP contribution in [0.1, 0.15) is 36.5 Å². The van der Waals surface area contributed by atoms with Crippen LogP contribution in [-0.2, 0) is 12.8 Å². The van der Waals surface area contributed by atoms with Crippen molar-refractivity contribution in [1.29, 1.82) is 0 Å². The molecule has 0 N–H and O–H groups in total. The van der Waals surface area contributed by atoms with Gasteiger partial charge in [0.05, 0.1) is 0 Å². The Balaban J connectivity index is 2.05. The number of hydrogen-bond donors (Lipinski definition) is 0. The van der Waals surface area contributed by atoms with Crippen molar-refractivity contribution in [3.05, 3.63) is 71.3 Å². The molecule has 2 aromatic rings. The maximum absolute atomic E-state index is 2.29. The Kier molecular flexibility index (Phi) is 3.98. The van der Waals surface area contributed by atoms with Gasteiger partial charge in [0.2, 0.25) is 0 Å². The van der Waals surface area contributed by atoms with E-state index in [2.05, 4.69) is 68.4 Å². The largest absolute Gasteiger partial charge is 0.0622 e. The standard InChI is InChI=1S/C17H20/c1-3-15-9-11-16(12-10-15)13-14(2)17-7-5-4-6-8-17/h4-12,14H,3,13H2,1-2H3. The molecule has 0 fully saturated rings. The number of aryl methyl sites for hydroxylation is 1. The summed E-state index contributed by atoms with van der Waals surface area (Å²) < 4.78 is 0. The fourth-order valence-electron chi connectivity index (χ4n) is 2.16. The van der Waals surface area contributed by atoms with Gasteiger partial charge < -0.3 is 0 Å².